The molecule has 1 aromatic heterocycles. The molecular formula is C12H22N2OS. The van der Waals surface area contributed by atoms with Gasteiger partial charge in [0.15, 0.2) is 0 Å². The molecule has 0 aliphatic heterocycles. The molecule has 16 heavy (non-hydrogen) atoms. The third kappa shape index (κ3) is 2.83. The van der Waals surface area contributed by atoms with Crippen molar-refractivity contribution in [3.8, 4) is 0 Å². The zero-order chi connectivity index (χ0) is 12.2. The number of hydrogen-bond acceptors (Lipinski definition) is 4. The minimum Gasteiger partial charge on any atom is -0.380 e. The Bertz CT molecular complexity index is 302. The number of nitrogens with zero attached hydrogens (tertiary/aromatic N) is 1. The average molecular weight is 242 g/mol. The van der Waals surface area contributed by atoms with Gasteiger partial charge in [-0.15, -0.1) is 0 Å². The van der Waals surface area contributed by atoms with Crippen LogP contribution in [0.3, 0.4) is 0 Å². The molecule has 0 radical (unpaired) electrons. The largest absolute Gasteiger partial charge is 0.380 e. The maximum Gasteiger partial charge on any atom is 0.0736 e. The number of rotatable bonds is 6. The highest BCUT2D eigenvalue weighted by Crippen LogP contribution is 2.22. The normalized spacial score (nSPS) is 17.4. The van der Waals surface area contributed by atoms with Gasteiger partial charge in [-0.2, -0.15) is 11.3 Å². The standard InChI is InChI=1S/C12H22N2OS/c1-10(15-4)12(2,9-13)14(3)7-11-5-6-16-8-11/h5-6,8,10H,7,9,13H2,1-4H3. The molecule has 4 heteroatoms. The fraction of sp³-hybridized carbons (Fsp3) is 0.667. The van der Waals surface area contributed by atoms with Crippen LogP contribution in [0.25, 0.3) is 0 Å². The first-order chi connectivity index (χ1) is 7.54. The lowest BCUT2D eigenvalue weighted by Gasteiger charge is -2.41. The number of ether oxygens (including phenoxy) is 1. The smallest absolute Gasteiger partial charge is 0.0736 e. The van der Waals surface area contributed by atoms with Gasteiger partial charge in [-0.25, -0.2) is 0 Å². The average Bonchev–Trinajstić information content (AvgIpc) is 2.79. The monoisotopic (exact) mass is 242 g/mol. The van der Waals surface area contributed by atoms with Crippen LogP contribution in [0.1, 0.15) is 19.4 Å². The van der Waals surface area contributed by atoms with E-state index >= 15 is 0 Å². The van der Waals surface area contributed by atoms with Crippen LogP contribution < -0.4 is 5.73 Å². The Morgan fingerprint density at radius 3 is 2.75 bits per heavy atom. The summed E-state index contributed by atoms with van der Waals surface area (Å²) in [6.45, 7) is 5.71. The molecule has 0 aliphatic carbocycles. The summed E-state index contributed by atoms with van der Waals surface area (Å²) in [5.41, 5.74) is 7.10. The predicted molar refractivity (Wildman–Crippen MR) is 69.7 cm³/mol. The Balaban J connectivity index is 2.72. The minimum atomic E-state index is -0.128. The SMILES string of the molecule is COC(C)C(C)(CN)N(C)Cc1ccsc1. The van der Waals surface area contributed by atoms with Crippen LogP contribution in [0.4, 0.5) is 0 Å². The topological polar surface area (TPSA) is 38.5 Å². The van der Waals surface area contributed by atoms with Gasteiger partial charge in [0.05, 0.1) is 11.6 Å². The molecule has 1 aromatic rings. The first kappa shape index (κ1) is 13.6. The predicted octanol–water partition coefficient (Wildman–Crippen LogP) is 1.93. The third-order valence-electron chi connectivity index (χ3n) is 3.51. The Labute approximate surface area is 102 Å². The first-order valence-corrected chi connectivity index (χ1v) is 6.44. The molecule has 0 bridgehead atoms. The molecular weight excluding hydrogens is 220 g/mol. The van der Waals surface area contributed by atoms with Crippen molar-refractivity contribution in [2.24, 2.45) is 5.73 Å². The number of hydrogen-bond donors (Lipinski definition) is 1. The Morgan fingerprint density at radius 1 is 1.62 bits per heavy atom. The number of thiophene rings is 1. The van der Waals surface area contributed by atoms with Crippen molar-refractivity contribution in [1.82, 2.24) is 4.90 Å². The lowest BCUT2D eigenvalue weighted by Crippen LogP contribution is -2.56. The van der Waals surface area contributed by atoms with E-state index in [1.165, 1.54) is 5.56 Å². The summed E-state index contributed by atoms with van der Waals surface area (Å²) in [5, 5.41) is 4.27. The zero-order valence-corrected chi connectivity index (χ0v) is 11.4. The van der Waals surface area contributed by atoms with E-state index in [-0.39, 0.29) is 11.6 Å². The van der Waals surface area contributed by atoms with Gasteiger partial charge in [0.25, 0.3) is 0 Å². The summed E-state index contributed by atoms with van der Waals surface area (Å²) in [7, 11) is 3.83. The summed E-state index contributed by atoms with van der Waals surface area (Å²) in [5.74, 6) is 0. The van der Waals surface area contributed by atoms with E-state index in [0.717, 1.165) is 6.54 Å². The Morgan fingerprint density at radius 2 is 2.31 bits per heavy atom. The summed E-state index contributed by atoms with van der Waals surface area (Å²) in [6, 6.07) is 2.15. The van der Waals surface area contributed by atoms with E-state index < -0.39 is 0 Å². The molecule has 0 fully saturated rings. The van der Waals surface area contributed by atoms with Crippen LogP contribution in [0.2, 0.25) is 0 Å². The van der Waals surface area contributed by atoms with Gasteiger partial charge in [-0.3, -0.25) is 4.90 Å². The van der Waals surface area contributed by atoms with Gasteiger partial charge in [0.1, 0.15) is 0 Å². The van der Waals surface area contributed by atoms with E-state index in [4.69, 9.17) is 10.5 Å². The van der Waals surface area contributed by atoms with Crippen LogP contribution >= 0.6 is 11.3 Å². The van der Waals surface area contributed by atoms with E-state index in [1.807, 2.05) is 0 Å². The molecule has 0 aliphatic rings. The minimum absolute atomic E-state index is 0.112. The summed E-state index contributed by atoms with van der Waals surface area (Å²) in [6.07, 6.45) is 0.112. The maximum atomic E-state index is 5.89. The van der Waals surface area contributed by atoms with E-state index in [0.29, 0.717) is 6.54 Å². The van der Waals surface area contributed by atoms with Gasteiger partial charge >= 0.3 is 0 Å². The van der Waals surface area contributed by atoms with Crippen molar-refractivity contribution in [2.75, 3.05) is 20.7 Å². The van der Waals surface area contributed by atoms with Crippen molar-refractivity contribution < 1.29 is 4.74 Å². The van der Waals surface area contributed by atoms with Gasteiger partial charge in [-0.05, 0) is 43.3 Å². The molecule has 1 heterocycles. The highest BCUT2D eigenvalue weighted by molar-refractivity contribution is 7.07. The molecule has 2 atom stereocenters. The van der Waals surface area contributed by atoms with Crippen molar-refractivity contribution in [2.45, 2.75) is 32.0 Å². The second-order valence-electron chi connectivity index (χ2n) is 4.43. The van der Waals surface area contributed by atoms with Crippen LogP contribution in [-0.2, 0) is 11.3 Å². The van der Waals surface area contributed by atoms with Gasteiger partial charge in [0, 0.05) is 20.2 Å². The van der Waals surface area contributed by atoms with Crippen LogP contribution in [0, 0.1) is 0 Å². The van der Waals surface area contributed by atoms with Crippen LogP contribution in [0.5, 0.6) is 0 Å². The van der Waals surface area contributed by atoms with Crippen LogP contribution in [0.15, 0.2) is 16.8 Å². The first-order valence-electron chi connectivity index (χ1n) is 5.49. The van der Waals surface area contributed by atoms with Crippen molar-refractivity contribution in [1.29, 1.82) is 0 Å². The van der Waals surface area contributed by atoms with Crippen molar-refractivity contribution in [3.63, 3.8) is 0 Å². The molecule has 92 valence electrons. The summed E-state index contributed by atoms with van der Waals surface area (Å²) < 4.78 is 5.43. The Kier molecular flexibility index (Phi) is 4.92. The van der Waals surface area contributed by atoms with Crippen LogP contribution in [-0.4, -0.2) is 37.2 Å². The summed E-state index contributed by atoms with van der Waals surface area (Å²) in [4.78, 5) is 2.27. The van der Waals surface area contributed by atoms with Crippen molar-refractivity contribution >= 4 is 11.3 Å². The van der Waals surface area contributed by atoms with Gasteiger partial charge < -0.3 is 10.5 Å². The Hall–Kier alpha value is -0.420. The number of likely N-dealkylation sites (N-methyl/N-ethyl adjacent to an activating group) is 1. The molecule has 1 rings (SSSR count). The highest BCUT2D eigenvalue weighted by atomic mass is 32.1. The molecule has 2 N–H and O–H groups in total. The van der Waals surface area contributed by atoms with E-state index in [2.05, 4.69) is 42.6 Å². The fourth-order valence-electron chi connectivity index (χ4n) is 1.72. The van der Waals surface area contributed by atoms with Gasteiger partial charge in [-0.1, -0.05) is 0 Å². The quantitative estimate of drug-likeness (QED) is 0.828. The fourth-order valence-corrected chi connectivity index (χ4v) is 2.38. The molecule has 2 unspecified atom stereocenters. The number of nitrogens with two attached hydrogens (primary N) is 1. The molecule has 0 saturated heterocycles. The van der Waals surface area contributed by atoms with E-state index in [9.17, 15) is 0 Å². The molecule has 0 spiro atoms. The van der Waals surface area contributed by atoms with E-state index in [1.54, 1.807) is 18.4 Å². The maximum absolute atomic E-state index is 5.89. The second kappa shape index (κ2) is 5.77. The second-order valence-corrected chi connectivity index (χ2v) is 5.21. The lowest BCUT2D eigenvalue weighted by atomic mass is 9.93. The highest BCUT2D eigenvalue weighted by Gasteiger charge is 2.34. The molecule has 0 amide bonds. The lowest BCUT2D eigenvalue weighted by molar-refractivity contribution is -0.0229. The summed E-state index contributed by atoms with van der Waals surface area (Å²) >= 11 is 1.72. The van der Waals surface area contributed by atoms with Crippen molar-refractivity contribution in [3.05, 3.63) is 22.4 Å². The number of methoxy groups -OCH3 is 1. The third-order valence-corrected chi connectivity index (χ3v) is 4.25. The molecule has 0 saturated carbocycles. The zero-order valence-electron chi connectivity index (χ0n) is 10.6. The molecule has 0 aromatic carbocycles. The van der Waals surface area contributed by atoms with Gasteiger partial charge in [0.2, 0.25) is 0 Å². The molecule has 3 nitrogen and oxygen atoms in total.